The van der Waals surface area contributed by atoms with Gasteiger partial charge in [0.05, 0.1) is 0 Å². The molecule has 0 aliphatic carbocycles. The minimum absolute atomic E-state index is 0.561. The molecule has 6 nitrogen and oxygen atoms in total. The maximum atomic E-state index is 6.39. The molecule has 0 amide bonds. The first kappa shape index (κ1) is 28.1. The number of fused-ring (bicyclic) bond motifs is 5. The third-order valence-corrected chi connectivity index (χ3v) is 9.18. The van der Waals surface area contributed by atoms with Crippen LogP contribution in [-0.2, 0) is 0 Å². The molecule has 0 fully saturated rings. The Morgan fingerprint density at radius 3 is 1.78 bits per heavy atom. The third kappa shape index (κ3) is 4.73. The zero-order valence-electron chi connectivity index (χ0n) is 26.6. The number of hydrogen-bond donors (Lipinski definition) is 0. The van der Waals surface area contributed by atoms with E-state index >= 15 is 0 Å². The quantitative estimate of drug-likeness (QED) is 0.186. The molecule has 10 rings (SSSR count). The van der Waals surface area contributed by atoms with E-state index < -0.39 is 0 Å². The monoisotopic (exact) mass is 642 g/mol. The van der Waals surface area contributed by atoms with E-state index in [0.29, 0.717) is 34.5 Å². The number of hydrogen-bond acceptors (Lipinski definition) is 6. The Kier molecular flexibility index (Phi) is 6.39. The second-order valence-corrected chi connectivity index (χ2v) is 12.3. The lowest BCUT2D eigenvalue weighted by atomic mass is 9.97. The van der Waals surface area contributed by atoms with E-state index in [1.54, 1.807) is 0 Å². The van der Waals surface area contributed by atoms with Crippen LogP contribution in [0.5, 0.6) is 0 Å². The van der Waals surface area contributed by atoms with Crippen molar-refractivity contribution in [1.29, 1.82) is 0 Å². The summed E-state index contributed by atoms with van der Waals surface area (Å²) in [6, 6.07) is 53.2. The molecule has 0 N–H and O–H groups in total. The van der Waals surface area contributed by atoms with Crippen LogP contribution in [0.15, 0.2) is 167 Å². The number of benzene rings is 7. The highest BCUT2D eigenvalue weighted by molar-refractivity contribution is 6.14. The molecular formula is C44H26N4O2. The molecule has 234 valence electrons. The summed E-state index contributed by atoms with van der Waals surface area (Å²) >= 11 is 0. The molecule has 0 atom stereocenters. The molecule has 6 heteroatoms. The minimum Gasteiger partial charge on any atom is -0.456 e. The van der Waals surface area contributed by atoms with Crippen LogP contribution in [-0.4, -0.2) is 19.9 Å². The van der Waals surface area contributed by atoms with Gasteiger partial charge in [-0.05, 0) is 46.2 Å². The van der Waals surface area contributed by atoms with Gasteiger partial charge in [-0.2, -0.15) is 0 Å². The van der Waals surface area contributed by atoms with E-state index in [2.05, 4.69) is 66.7 Å². The second kappa shape index (κ2) is 11.4. The lowest BCUT2D eigenvalue weighted by Crippen LogP contribution is -2.00. The summed E-state index contributed by atoms with van der Waals surface area (Å²) in [6.45, 7) is 0. The third-order valence-electron chi connectivity index (χ3n) is 9.18. The highest BCUT2D eigenvalue weighted by Gasteiger charge is 2.20. The molecule has 10 aromatic rings. The molecule has 0 saturated carbocycles. The molecule has 0 spiro atoms. The van der Waals surface area contributed by atoms with E-state index in [9.17, 15) is 0 Å². The Balaban J connectivity index is 1.13. The van der Waals surface area contributed by atoms with Crippen molar-refractivity contribution in [3.05, 3.63) is 158 Å². The van der Waals surface area contributed by atoms with Crippen molar-refractivity contribution in [1.82, 2.24) is 19.9 Å². The first-order valence-electron chi connectivity index (χ1n) is 16.5. The number of rotatable bonds is 5. The summed E-state index contributed by atoms with van der Waals surface area (Å²) in [7, 11) is 0. The molecule has 0 bridgehead atoms. The average molecular weight is 643 g/mol. The Hall–Kier alpha value is -6.92. The van der Waals surface area contributed by atoms with Crippen molar-refractivity contribution in [2.75, 3.05) is 0 Å². The van der Waals surface area contributed by atoms with E-state index in [1.807, 2.05) is 91.0 Å². The number of aromatic nitrogens is 4. The predicted octanol–water partition coefficient (Wildman–Crippen LogP) is 11.4. The van der Waals surface area contributed by atoms with Crippen LogP contribution in [0.2, 0.25) is 0 Å². The van der Waals surface area contributed by atoms with Gasteiger partial charge in [-0.15, -0.1) is 0 Å². The predicted molar refractivity (Wildman–Crippen MR) is 199 cm³/mol. The second-order valence-electron chi connectivity index (χ2n) is 12.3. The van der Waals surface area contributed by atoms with Crippen molar-refractivity contribution in [2.24, 2.45) is 0 Å². The van der Waals surface area contributed by atoms with Crippen molar-refractivity contribution in [3.63, 3.8) is 0 Å². The first-order chi connectivity index (χ1) is 24.7. The smallest absolute Gasteiger partial charge is 0.227 e. The molecule has 3 heterocycles. The van der Waals surface area contributed by atoms with Gasteiger partial charge in [-0.25, -0.2) is 19.9 Å². The normalized spacial score (nSPS) is 11.6. The van der Waals surface area contributed by atoms with Gasteiger partial charge in [0.25, 0.3) is 0 Å². The SMILES string of the molecule is c1ccc(-c2nc(-c3ccc(-c4cccc5ccccc45)cc3)nc(-c3cccc4oc5cc6oc(-c7ccccc7)nc6cc5c34)n2)cc1. The largest absolute Gasteiger partial charge is 0.456 e. The van der Waals surface area contributed by atoms with Gasteiger partial charge in [-0.1, -0.05) is 127 Å². The van der Waals surface area contributed by atoms with E-state index in [1.165, 1.54) is 16.3 Å². The van der Waals surface area contributed by atoms with Crippen molar-refractivity contribution in [2.45, 2.75) is 0 Å². The number of furan rings is 1. The maximum Gasteiger partial charge on any atom is 0.227 e. The molecule has 0 unspecified atom stereocenters. The molecule has 0 saturated heterocycles. The standard InChI is InChI=1S/C44H26N4O2/c1-3-12-29(13-4-1)41-46-42(30-23-21-28(22-24-30)33-18-9-16-27-11-7-8-17-32(27)33)48-43(47-41)34-19-10-20-37-40(34)35-25-36-39(26-38(35)49-37)50-44(45-36)31-14-5-2-6-15-31/h1-26H. The molecule has 0 radical (unpaired) electrons. The summed E-state index contributed by atoms with van der Waals surface area (Å²) in [4.78, 5) is 20.0. The van der Waals surface area contributed by atoms with Crippen LogP contribution >= 0.6 is 0 Å². The summed E-state index contributed by atoms with van der Waals surface area (Å²) < 4.78 is 12.6. The highest BCUT2D eigenvalue weighted by Crippen LogP contribution is 2.39. The Bertz CT molecular complexity index is 2850. The molecule has 50 heavy (non-hydrogen) atoms. The Morgan fingerprint density at radius 1 is 0.360 bits per heavy atom. The molecule has 0 aliphatic heterocycles. The minimum atomic E-state index is 0.561. The molecule has 0 aliphatic rings. The fourth-order valence-electron chi connectivity index (χ4n) is 6.76. The van der Waals surface area contributed by atoms with Crippen LogP contribution in [0.4, 0.5) is 0 Å². The van der Waals surface area contributed by atoms with Crippen LogP contribution in [0.3, 0.4) is 0 Å². The van der Waals surface area contributed by atoms with Gasteiger partial charge < -0.3 is 8.83 Å². The van der Waals surface area contributed by atoms with E-state index in [0.717, 1.165) is 49.7 Å². The lowest BCUT2D eigenvalue weighted by molar-refractivity contribution is 0.617. The summed E-state index contributed by atoms with van der Waals surface area (Å²) in [5.41, 5.74) is 8.75. The zero-order valence-corrected chi connectivity index (χ0v) is 26.6. The summed E-state index contributed by atoms with van der Waals surface area (Å²) in [5, 5.41) is 4.26. The van der Waals surface area contributed by atoms with Crippen molar-refractivity contribution in [3.8, 4) is 56.7 Å². The van der Waals surface area contributed by atoms with Gasteiger partial charge in [-0.3, -0.25) is 0 Å². The zero-order chi connectivity index (χ0) is 33.0. The van der Waals surface area contributed by atoms with Crippen LogP contribution in [0, 0.1) is 0 Å². The highest BCUT2D eigenvalue weighted by atomic mass is 16.4. The van der Waals surface area contributed by atoms with Crippen LogP contribution in [0.25, 0.3) is 101 Å². The molecular weight excluding hydrogens is 617 g/mol. The fourth-order valence-corrected chi connectivity index (χ4v) is 6.76. The van der Waals surface area contributed by atoms with Gasteiger partial charge in [0.1, 0.15) is 16.7 Å². The van der Waals surface area contributed by atoms with Gasteiger partial charge in [0.2, 0.25) is 5.89 Å². The fraction of sp³-hybridized carbons (Fsp3) is 0. The van der Waals surface area contributed by atoms with Gasteiger partial charge >= 0.3 is 0 Å². The lowest BCUT2D eigenvalue weighted by Gasteiger charge is -2.10. The van der Waals surface area contributed by atoms with E-state index in [-0.39, 0.29) is 0 Å². The topological polar surface area (TPSA) is 77.8 Å². The summed E-state index contributed by atoms with van der Waals surface area (Å²) in [5.74, 6) is 2.32. The summed E-state index contributed by atoms with van der Waals surface area (Å²) in [6.07, 6.45) is 0. The Morgan fingerprint density at radius 2 is 0.980 bits per heavy atom. The van der Waals surface area contributed by atoms with Crippen molar-refractivity contribution >= 4 is 43.8 Å². The number of oxazole rings is 1. The number of nitrogens with zero attached hydrogens (tertiary/aromatic N) is 4. The van der Waals surface area contributed by atoms with Gasteiger partial charge in [0.15, 0.2) is 23.1 Å². The van der Waals surface area contributed by atoms with Gasteiger partial charge in [0, 0.05) is 39.1 Å². The van der Waals surface area contributed by atoms with Crippen LogP contribution in [0.1, 0.15) is 0 Å². The van der Waals surface area contributed by atoms with Crippen molar-refractivity contribution < 1.29 is 8.83 Å². The first-order valence-corrected chi connectivity index (χ1v) is 16.5. The van der Waals surface area contributed by atoms with Crippen LogP contribution < -0.4 is 0 Å². The Labute approximate surface area is 286 Å². The average Bonchev–Trinajstić information content (AvgIpc) is 3.78. The molecule has 3 aromatic heterocycles. The van der Waals surface area contributed by atoms with E-state index in [4.69, 9.17) is 28.8 Å². The molecule has 7 aromatic carbocycles. The maximum absolute atomic E-state index is 6.39.